The SMILES string of the molecule is CS(=O)(=O)c1ncnc2sc(C(=O)N3CCCCC3)nc12. The number of hydrogen-bond acceptors (Lipinski definition) is 7. The van der Waals surface area contributed by atoms with E-state index in [2.05, 4.69) is 15.0 Å². The average Bonchev–Trinajstić information content (AvgIpc) is 2.90. The van der Waals surface area contributed by atoms with Gasteiger partial charge in [-0.2, -0.15) is 0 Å². The van der Waals surface area contributed by atoms with Crippen molar-refractivity contribution in [1.82, 2.24) is 19.9 Å². The number of piperidine rings is 1. The molecule has 1 amide bonds. The predicted molar refractivity (Wildman–Crippen MR) is 78.1 cm³/mol. The average molecular weight is 326 g/mol. The van der Waals surface area contributed by atoms with Gasteiger partial charge in [-0.25, -0.2) is 23.4 Å². The molecule has 0 aromatic carbocycles. The zero-order chi connectivity index (χ0) is 15.0. The van der Waals surface area contributed by atoms with Crippen LogP contribution in [-0.4, -0.2) is 53.5 Å². The van der Waals surface area contributed by atoms with Crippen molar-refractivity contribution in [2.75, 3.05) is 19.3 Å². The first-order chi connectivity index (χ1) is 9.97. The van der Waals surface area contributed by atoms with Crippen molar-refractivity contribution in [1.29, 1.82) is 0 Å². The van der Waals surface area contributed by atoms with Crippen LogP contribution >= 0.6 is 11.3 Å². The molecule has 1 aliphatic rings. The Morgan fingerprint density at radius 3 is 2.62 bits per heavy atom. The summed E-state index contributed by atoms with van der Waals surface area (Å²) in [4.78, 5) is 26.6. The Labute approximate surface area is 126 Å². The van der Waals surface area contributed by atoms with Crippen molar-refractivity contribution in [3.63, 3.8) is 0 Å². The van der Waals surface area contributed by atoms with E-state index in [1.165, 1.54) is 6.33 Å². The van der Waals surface area contributed by atoms with Gasteiger partial charge in [0.2, 0.25) is 0 Å². The van der Waals surface area contributed by atoms with Crippen LogP contribution in [0.4, 0.5) is 0 Å². The molecule has 2 aromatic rings. The fourth-order valence-corrected chi connectivity index (χ4v) is 4.00. The highest BCUT2D eigenvalue weighted by Crippen LogP contribution is 2.25. The topological polar surface area (TPSA) is 93.1 Å². The Bertz CT molecular complexity index is 794. The molecular formula is C12H14N4O3S2. The van der Waals surface area contributed by atoms with Crippen LogP contribution in [0.25, 0.3) is 10.3 Å². The molecule has 3 heterocycles. The van der Waals surface area contributed by atoms with E-state index in [1.807, 2.05) is 0 Å². The molecule has 0 spiro atoms. The molecule has 0 bridgehead atoms. The quantitative estimate of drug-likeness (QED) is 0.768. The minimum absolute atomic E-state index is 0.124. The van der Waals surface area contributed by atoms with Crippen LogP contribution in [-0.2, 0) is 9.84 Å². The highest BCUT2D eigenvalue weighted by molar-refractivity contribution is 7.90. The van der Waals surface area contributed by atoms with E-state index >= 15 is 0 Å². The molecule has 9 heteroatoms. The Balaban J connectivity index is 2.03. The van der Waals surface area contributed by atoms with Gasteiger partial charge in [0, 0.05) is 19.3 Å². The largest absolute Gasteiger partial charge is 0.337 e. The summed E-state index contributed by atoms with van der Waals surface area (Å²) >= 11 is 1.11. The number of likely N-dealkylation sites (tertiary alicyclic amines) is 1. The van der Waals surface area contributed by atoms with E-state index in [1.54, 1.807) is 4.90 Å². The maximum atomic E-state index is 12.4. The first kappa shape index (κ1) is 14.3. The summed E-state index contributed by atoms with van der Waals surface area (Å²) in [7, 11) is -3.50. The summed E-state index contributed by atoms with van der Waals surface area (Å²) in [6, 6.07) is 0. The molecular weight excluding hydrogens is 312 g/mol. The lowest BCUT2D eigenvalue weighted by Crippen LogP contribution is -2.35. The minimum atomic E-state index is -3.50. The second kappa shape index (κ2) is 5.30. The Morgan fingerprint density at radius 2 is 1.95 bits per heavy atom. The van der Waals surface area contributed by atoms with Crippen molar-refractivity contribution in [2.24, 2.45) is 0 Å². The number of rotatable bonds is 2. The second-order valence-corrected chi connectivity index (χ2v) is 7.89. The van der Waals surface area contributed by atoms with Crippen molar-refractivity contribution in [3.05, 3.63) is 11.3 Å². The molecule has 0 unspecified atom stereocenters. The predicted octanol–water partition coefficient (Wildman–Crippen LogP) is 1.12. The standard InChI is InChI=1S/C12H14N4O3S2/c1-21(18,19)11-8-9(13-7-14-11)20-10(15-8)12(17)16-5-3-2-4-6-16/h7H,2-6H2,1H3. The molecule has 1 aliphatic heterocycles. The molecule has 112 valence electrons. The van der Waals surface area contributed by atoms with Gasteiger partial charge in [-0.3, -0.25) is 4.79 Å². The van der Waals surface area contributed by atoms with Gasteiger partial charge < -0.3 is 4.90 Å². The Hall–Kier alpha value is -1.61. The summed E-state index contributed by atoms with van der Waals surface area (Å²) in [6.07, 6.45) is 5.37. The number of hydrogen-bond donors (Lipinski definition) is 0. The van der Waals surface area contributed by atoms with E-state index in [9.17, 15) is 13.2 Å². The number of nitrogens with zero attached hydrogens (tertiary/aromatic N) is 4. The number of thiazole rings is 1. The Morgan fingerprint density at radius 1 is 1.24 bits per heavy atom. The number of amides is 1. The van der Waals surface area contributed by atoms with Crippen LogP contribution in [0.3, 0.4) is 0 Å². The lowest BCUT2D eigenvalue weighted by molar-refractivity contribution is 0.0724. The van der Waals surface area contributed by atoms with Crippen molar-refractivity contribution in [3.8, 4) is 0 Å². The minimum Gasteiger partial charge on any atom is -0.337 e. The third kappa shape index (κ3) is 2.75. The van der Waals surface area contributed by atoms with Gasteiger partial charge in [-0.1, -0.05) is 11.3 Å². The summed E-state index contributed by atoms with van der Waals surface area (Å²) in [5, 5.41) is 0.152. The van der Waals surface area contributed by atoms with E-state index in [0.717, 1.165) is 49.9 Å². The molecule has 0 radical (unpaired) electrons. The molecule has 0 saturated carbocycles. The van der Waals surface area contributed by atoms with E-state index < -0.39 is 9.84 Å². The molecule has 21 heavy (non-hydrogen) atoms. The molecule has 1 saturated heterocycles. The first-order valence-electron chi connectivity index (χ1n) is 6.57. The summed E-state index contributed by atoms with van der Waals surface area (Å²) in [6.45, 7) is 1.44. The molecule has 0 aliphatic carbocycles. The molecule has 3 rings (SSSR count). The number of sulfone groups is 1. The third-order valence-electron chi connectivity index (χ3n) is 3.34. The first-order valence-corrected chi connectivity index (χ1v) is 9.28. The molecule has 1 fully saturated rings. The van der Waals surface area contributed by atoms with E-state index in [-0.39, 0.29) is 21.5 Å². The highest BCUT2D eigenvalue weighted by Gasteiger charge is 2.24. The molecule has 2 aromatic heterocycles. The van der Waals surface area contributed by atoms with Crippen molar-refractivity contribution < 1.29 is 13.2 Å². The van der Waals surface area contributed by atoms with Crippen LogP contribution < -0.4 is 0 Å². The van der Waals surface area contributed by atoms with Crippen LogP contribution in [0.5, 0.6) is 0 Å². The molecule has 0 atom stereocenters. The van der Waals surface area contributed by atoms with Gasteiger partial charge >= 0.3 is 0 Å². The van der Waals surface area contributed by atoms with Gasteiger partial charge in [0.25, 0.3) is 5.91 Å². The summed E-state index contributed by atoms with van der Waals surface area (Å²) < 4.78 is 23.4. The third-order valence-corrected chi connectivity index (χ3v) is 5.29. The van der Waals surface area contributed by atoms with Crippen molar-refractivity contribution >= 4 is 37.4 Å². The van der Waals surface area contributed by atoms with Crippen LogP contribution in [0, 0.1) is 0 Å². The normalized spacial score (nSPS) is 16.3. The fraction of sp³-hybridized carbons (Fsp3) is 0.500. The fourth-order valence-electron chi connectivity index (χ4n) is 2.33. The van der Waals surface area contributed by atoms with Crippen LogP contribution in [0.2, 0.25) is 0 Å². The van der Waals surface area contributed by atoms with E-state index in [4.69, 9.17) is 0 Å². The number of aromatic nitrogens is 3. The monoisotopic (exact) mass is 326 g/mol. The maximum Gasteiger partial charge on any atom is 0.282 e. The number of fused-ring (bicyclic) bond motifs is 1. The molecule has 7 nitrogen and oxygen atoms in total. The lowest BCUT2D eigenvalue weighted by atomic mass is 10.1. The van der Waals surface area contributed by atoms with Crippen molar-refractivity contribution in [2.45, 2.75) is 24.3 Å². The smallest absolute Gasteiger partial charge is 0.282 e. The lowest BCUT2D eigenvalue weighted by Gasteiger charge is -2.25. The van der Waals surface area contributed by atoms with Gasteiger partial charge in [0.05, 0.1) is 0 Å². The summed E-state index contributed by atoms with van der Waals surface area (Å²) in [5.74, 6) is -0.155. The van der Waals surface area contributed by atoms with Crippen LogP contribution in [0.1, 0.15) is 29.1 Å². The van der Waals surface area contributed by atoms with Gasteiger partial charge in [0.1, 0.15) is 16.7 Å². The van der Waals surface area contributed by atoms with Gasteiger partial charge in [0.15, 0.2) is 19.9 Å². The summed E-state index contributed by atoms with van der Waals surface area (Å²) in [5.41, 5.74) is 0.186. The highest BCUT2D eigenvalue weighted by atomic mass is 32.2. The van der Waals surface area contributed by atoms with E-state index in [0.29, 0.717) is 4.83 Å². The number of carbonyl (C=O) groups is 1. The number of carbonyl (C=O) groups excluding carboxylic acids is 1. The maximum absolute atomic E-state index is 12.4. The molecule has 0 N–H and O–H groups in total. The zero-order valence-electron chi connectivity index (χ0n) is 11.4. The Kier molecular flexibility index (Phi) is 3.62. The van der Waals surface area contributed by atoms with Crippen LogP contribution in [0.15, 0.2) is 11.4 Å². The second-order valence-electron chi connectivity index (χ2n) is 4.98. The van der Waals surface area contributed by atoms with Gasteiger partial charge in [-0.15, -0.1) is 0 Å². The zero-order valence-corrected chi connectivity index (χ0v) is 13.1. The van der Waals surface area contributed by atoms with Gasteiger partial charge in [-0.05, 0) is 19.3 Å².